The zero-order chi connectivity index (χ0) is 14.7. The lowest BCUT2D eigenvalue weighted by atomic mass is 10.1. The van der Waals surface area contributed by atoms with Crippen molar-refractivity contribution < 1.29 is 14.7 Å². The summed E-state index contributed by atoms with van der Waals surface area (Å²) >= 11 is 9.19. The van der Waals surface area contributed by atoms with E-state index in [4.69, 9.17) is 16.7 Å². The lowest BCUT2D eigenvalue weighted by Gasteiger charge is -2.27. The third kappa shape index (κ3) is 3.52. The van der Waals surface area contributed by atoms with Crippen LogP contribution in [0.3, 0.4) is 0 Å². The summed E-state index contributed by atoms with van der Waals surface area (Å²) < 4.78 is 0.631. The molecule has 0 atom stereocenters. The third-order valence-corrected chi connectivity index (χ3v) is 4.71. The first kappa shape index (κ1) is 15.3. The quantitative estimate of drug-likeness (QED) is 0.893. The Morgan fingerprint density at radius 2 is 2.00 bits per heavy atom. The van der Waals surface area contributed by atoms with E-state index in [1.807, 2.05) is 0 Å². The monoisotopic (exact) mass is 359 g/mol. The fourth-order valence-electron chi connectivity index (χ4n) is 2.52. The van der Waals surface area contributed by atoms with E-state index in [2.05, 4.69) is 15.9 Å². The van der Waals surface area contributed by atoms with Crippen molar-refractivity contribution in [2.75, 3.05) is 6.54 Å². The number of halogens is 2. The van der Waals surface area contributed by atoms with Crippen LogP contribution in [-0.2, 0) is 4.79 Å². The fourth-order valence-corrected chi connectivity index (χ4v) is 3.02. The second-order valence-electron chi connectivity index (χ2n) is 4.89. The molecule has 0 aromatic heterocycles. The molecule has 108 valence electrons. The molecule has 0 saturated heterocycles. The van der Waals surface area contributed by atoms with Crippen LogP contribution in [0.25, 0.3) is 0 Å². The molecule has 0 bridgehead atoms. The molecule has 0 radical (unpaired) electrons. The summed E-state index contributed by atoms with van der Waals surface area (Å²) in [6, 6.07) is 4.91. The van der Waals surface area contributed by atoms with Crippen molar-refractivity contribution in [3.05, 3.63) is 33.3 Å². The molecule has 1 N–H and O–H groups in total. The Hall–Kier alpha value is -1.07. The first-order chi connectivity index (χ1) is 9.49. The molecule has 1 aliphatic rings. The molecule has 0 spiro atoms. The first-order valence-electron chi connectivity index (χ1n) is 6.47. The van der Waals surface area contributed by atoms with E-state index in [-0.39, 0.29) is 18.5 Å². The first-order valence-corrected chi connectivity index (χ1v) is 7.64. The third-order valence-electron chi connectivity index (χ3n) is 3.50. The smallest absolute Gasteiger partial charge is 0.323 e. The Bertz CT molecular complexity index is 529. The van der Waals surface area contributed by atoms with Gasteiger partial charge in [-0.15, -0.1) is 0 Å². The van der Waals surface area contributed by atoms with Crippen molar-refractivity contribution in [1.82, 2.24) is 4.90 Å². The van der Waals surface area contributed by atoms with Crippen LogP contribution in [0, 0.1) is 0 Å². The maximum Gasteiger partial charge on any atom is 0.323 e. The number of carbonyl (C=O) groups excluding carboxylic acids is 1. The van der Waals surface area contributed by atoms with Crippen LogP contribution < -0.4 is 0 Å². The number of amides is 1. The summed E-state index contributed by atoms with van der Waals surface area (Å²) in [5.41, 5.74) is 0.453. The van der Waals surface area contributed by atoms with Crippen molar-refractivity contribution in [2.24, 2.45) is 0 Å². The van der Waals surface area contributed by atoms with Crippen molar-refractivity contribution in [1.29, 1.82) is 0 Å². The van der Waals surface area contributed by atoms with Crippen molar-refractivity contribution in [2.45, 2.75) is 31.7 Å². The van der Waals surface area contributed by atoms with E-state index in [1.165, 1.54) is 4.90 Å². The molecule has 1 amide bonds. The summed E-state index contributed by atoms with van der Waals surface area (Å²) in [7, 11) is 0. The standard InChI is InChI=1S/C14H15BrClNO3/c15-11-7-9(5-6-12(11)16)14(20)17(8-13(18)19)10-3-1-2-4-10/h5-7,10H,1-4,8H2,(H,18,19). The van der Waals surface area contributed by atoms with Crippen molar-refractivity contribution in [3.63, 3.8) is 0 Å². The Kier molecular flexibility index (Phi) is 5.05. The largest absolute Gasteiger partial charge is 0.480 e. The molecule has 1 aromatic carbocycles. The predicted octanol–water partition coefficient (Wildman–Crippen LogP) is 3.57. The fraction of sp³-hybridized carbons (Fsp3) is 0.429. The molecule has 20 heavy (non-hydrogen) atoms. The highest BCUT2D eigenvalue weighted by Gasteiger charge is 2.29. The van der Waals surface area contributed by atoms with E-state index in [0.29, 0.717) is 15.1 Å². The van der Waals surface area contributed by atoms with E-state index in [0.717, 1.165) is 25.7 Å². The SMILES string of the molecule is O=C(O)CN(C(=O)c1ccc(Cl)c(Br)c1)C1CCCC1. The second kappa shape index (κ2) is 6.59. The Morgan fingerprint density at radius 1 is 1.35 bits per heavy atom. The number of carboxylic acid groups (broad SMARTS) is 1. The van der Waals surface area contributed by atoms with Crippen LogP contribution in [0.2, 0.25) is 5.02 Å². The van der Waals surface area contributed by atoms with Gasteiger partial charge < -0.3 is 10.0 Å². The maximum atomic E-state index is 12.5. The number of aliphatic carboxylic acids is 1. The number of carbonyl (C=O) groups is 2. The Labute approximate surface area is 130 Å². The van der Waals surface area contributed by atoms with Crippen molar-refractivity contribution in [3.8, 4) is 0 Å². The van der Waals surface area contributed by atoms with Gasteiger partial charge in [0.05, 0.1) is 5.02 Å². The van der Waals surface area contributed by atoms with Gasteiger partial charge in [0.1, 0.15) is 6.54 Å². The zero-order valence-corrected chi connectivity index (χ0v) is 13.2. The highest BCUT2D eigenvalue weighted by molar-refractivity contribution is 9.10. The van der Waals surface area contributed by atoms with Gasteiger partial charge >= 0.3 is 5.97 Å². The number of rotatable bonds is 4. The molecule has 1 saturated carbocycles. The summed E-state index contributed by atoms with van der Waals surface area (Å²) in [6.07, 6.45) is 3.82. The number of carboxylic acids is 1. The van der Waals surface area contributed by atoms with Gasteiger partial charge in [0.25, 0.3) is 5.91 Å². The van der Waals surface area contributed by atoms with E-state index in [1.54, 1.807) is 18.2 Å². The highest BCUT2D eigenvalue weighted by Crippen LogP contribution is 2.27. The number of benzene rings is 1. The van der Waals surface area contributed by atoms with Crippen LogP contribution in [0.15, 0.2) is 22.7 Å². The molecular weight excluding hydrogens is 346 g/mol. The molecule has 0 aliphatic heterocycles. The van der Waals surface area contributed by atoms with E-state index in [9.17, 15) is 9.59 Å². The molecule has 1 aliphatic carbocycles. The highest BCUT2D eigenvalue weighted by atomic mass is 79.9. The Morgan fingerprint density at radius 3 is 2.55 bits per heavy atom. The van der Waals surface area contributed by atoms with Gasteiger partial charge in [-0.2, -0.15) is 0 Å². The lowest BCUT2D eigenvalue weighted by Crippen LogP contribution is -2.42. The van der Waals surface area contributed by atoms with Crippen LogP contribution in [-0.4, -0.2) is 34.5 Å². The molecule has 0 unspecified atom stereocenters. The number of hydrogen-bond donors (Lipinski definition) is 1. The van der Waals surface area contributed by atoms with Gasteiger partial charge in [-0.1, -0.05) is 24.4 Å². The minimum Gasteiger partial charge on any atom is -0.480 e. The molecule has 4 nitrogen and oxygen atoms in total. The van der Waals surface area contributed by atoms with E-state index >= 15 is 0 Å². The molecular formula is C14H15BrClNO3. The topological polar surface area (TPSA) is 57.6 Å². The zero-order valence-electron chi connectivity index (χ0n) is 10.8. The summed E-state index contributed by atoms with van der Waals surface area (Å²) in [4.78, 5) is 25.0. The van der Waals surface area contributed by atoms with Crippen LogP contribution >= 0.6 is 27.5 Å². The van der Waals surface area contributed by atoms with Crippen molar-refractivity contribution >= 4 is 39.4 Å². The van der Waals surface area contributed by atoms with E-state index < -0.39 is 5.97 Å². The van der Waals surface area contributed by atoms with Gasteiger partial charge in [-0.05, 0) is 47.0 Å². The molecule has 1 aromatic rings. The minimum absolute atomic E-state index is 0.0213. The molecule has 0 heterocycles. The Balaban J connectivity index is 2.24. The van der Waals surface area contributed by atoms with Gasteiger partial charge in [-0.25, -0.2) is 0 Å². The maximum absolute atomic E-state index is 12.5. The number of hydrogen-bond acceptors (Lipinski definition) is 2. The van der Waals surface area contributed by atoms with Crippen LogP contribution in [0.4, 0.5) is 0 Å². The molecule has 1 fully saturated rings. The predicted molar refractivity (Wildman–Crippen MR) is 80.1 cm³/mol. The second-order valence-corrected chi connectivity index (χ2v) is 6.16. The average molecular weight is 361 g/mol. The minimum atomic E-state index is -0.988. The summed E-state index contributed by atoms with van der Waals surface area (Å²) in [5, 5.41) is 9.54. The van der Waals surface area contributed by atoms with Gasteiger partial charge in [0.2, 0.25) is 0 Å². The van der Waals surface area contributed by atoms with Crippen LogP contribution in [0.1, 0.15) is 36.0 Å². The summed E-state index contributed by atoms with van der Waals surface area (Å²) in [5.74, 6) is -1.24. The average Bonchev–Trinajstić information content (AvgIpc) is 2.92. The van der Waals surface area contributed by atoms with Gasteiger partial charge in [-0.3, -0.25) is 9.59 Å². The normalized spacial score (nSPS) is 15.3. The van der Waals surface area contributed by atoms with Gasteiger partial charge in [0.15, 0.2) is 0 Å². The van der Waals surface area contributed by atoms with Crippen LogP contribution in [0.5, 0.6) is 0 Å². The number of nitrogens with zero attached hydrogens (tertiary/aromatic N) is 1. The van der Waals surface area contributed by atoms with Gasteiger partial charge in [0, 0.05) is 16.1 Å². The summed E-state index contributed by atoms with van der Waals surface area (Å²) in [6.45, 7) is -0.260. The molecule has 2 rings (SSSR count). The molecule has 6 heteroatoms. The lowest BCUT2D eigenvalue weighted by molar-refractivity contribution is -0.138.